The van der Waals surface area contributed by atoms with E-state index in [-0.39, 0.29) is 22.5 Å². The lowest BCUT2D eigenvalue weighted by atomic mass is 10.2. The average Bonchev–Trinajstić information content (AvgIpc) is 3.10. The molecular formula is C38H56N6O4. The molecule has 2 heterocycles. The van der Waals surface area contributed by atoms with Crippen LogP contribution in [0.2, 0.25) is 0 Å². The summed E-state index contributed by atoms with van der Waals surface area (Å²) in [5.74, 6) is 0. The van der Waals surface area contributed by atoms with Crippen molar-refractivity contribution in [2.45, 2.75) is 117 Å². The number of aryl methyl sites for hydroxylation is 2. The standard InChI is InChI=1S/C38H56N6O4/c1-3-5-7-15-27-41-33-21-11-9-19-31(33)35(45)43(37(41)47)29-17-25-39-23-13-14-24-40-26-18-30-44-36(46)32-20-10-12-22-34(32)42(38(44)48)28-16-8-6-4-2/h9-12,19-22,39-40H,3-8,13-18,23-30H2,1-2H3. The highest BCUT2D eigenvalue weighted by atomic mass is 16.2. The van der Waals surface area contributed by atoms with Crippen LogP contribution in [-0.2, 0) is 26.2 Å². The smallest absolute Gasteiger partial charge is 0.317 e. The van der Waals surface area contributed by atoms with Crippen molar-refractivity contribution >= 4 is 21.8 Å². The van der Waals surface area contributed by atoms with Crippen LogP contribution < -0.4 is 33.1 Å². The zero-order valence-corrected chi connectivity index (χ0v) is 29.2. The van der Waals surface area contributed by atoms with Gasteiger partial charge in [0.15, 0.2) is 0 Å². The van der Waals surface area contributed by atoms with Crippen LogP contribution in [0.5, 0.6) is 0 Å². The van der Waals surface area contributed by atoms with Crippen molar-refractivity contribution in [2.24, 2.45) is 0 Å². The number of benzene rings is 2. The molecular weight excluding hydrogens is 604 g/mol. The van der Waals surface area contributed by atoms with E-state index >= 15 is 0 Å². The molecule has 10 nitrogen and oxygen atoms in total. The molecule has 0 saturated heterocycles. The Morgan fingerprint density at radius 2 is 0.812 bits per heavy atom. The van der Waals surface area contributed by atoms with Crippen LogP contribution >= 0.6 is 0 Å². The number of hydrogen-bond acceptors (Lipinski definition) is 6. The van der Waals surface area contributed by atoms with Crippen molar-refractivity contribution in [3.63, 3.8) is 0 Å². The van der Waals surface area contributed by atoms with Crippen LogP contribution in [-0.4, -0.2) is 44.4 Å². The van der Waals surface area contributed by atoms with E-state index in [1.165, 1.54) is 9.13 Å². The van der Waals surface area contributed by atoms with Gasteiger partial charge in [0.1, 0.15) is 0 Å². The van der Waals surface area contributed by atoms with Crippen LogP contribution in [0.25, 0.3) is 21.8 Å². The van der Waals surface area contributed by atoms with Crippen molar-refractivity contribution in [3.05, 3.63) is 90.2 Å². The van der Waals surface area contributed by atoms with Gasteiger partial charge in [0.2, 0.25) is 0 Å². The van der Waals surface area contributed by atoms with Crippen LogP contribution in [0.15, 0.2) is 67.7 Å². The summed E-state index contributed by atoms with van der Waals surface area (Å²) in [7, 11) is 0. The minimum Gasteiger partial charge on any atom is -0.317 e. The van der Waals surface area contributed by atoms with Gasteiger partial charge in [-0.2, -0.15) is 0 Å². The van der Waals surface area contributed by atoms with E-state index in [9.17, 15) is 19.2 Å². The molecule has 2 aromatic carbocycles. The summed E-state index contributed by atoms with van der Waals surface area (Å²) in [5, 5.41) is 8.10. The van der Waals surface area contributed by atoms with Crippen molar-refractivity contribution in [3.8, 4) is 0 Å². The number of unbranched alkanes of at least 4 members (excludes halogenated alkanes) is 7. The second kappa shape index (κ2) is 19.9. The van der Waals surface area contributed by atoms with Gasteiger partial charge in [-0.05, 0) is 89.0 Å². The van der Waals surface area contributed by atoms with Gasteiger partial charge in [0.25, 0.3) is 11.1 Å². The zero-order valence-electron chi connectivity index (χ0n) is 29.2. The molecule has 4 aromatic rings. The largest absolute Gasteiger partial charge is 0.331 e. The highest BCUT2D eigenvalue weighted by Gasteiger charge is 2.14. The van der Waals surface area contributed by atoms with Crippen LogP contribution in [0, 0.1) is 0 Å². The van der Waals surface area contributed by atoms with Gasteiger partial charge in [-0.25, -0.2) is 9.59 Å². The normalized spacial score (nSPS) is 11.6. The van der Waals surface area contributed by atoms with Crippen molar-refractivity contribution < 1.29 is 0 Å². The van der Waals surface area contributed by atoms with Crippen LogP contribution in [0.3, 0.4) is 0 Å². The minimum absolute atomic E-state index is 0.204. The SMILES string of the molecule is CCCCCCn1c(=O)n(CCCNCCCCNCCCn2c(=O)c3ccccc3n(CCCCCC)c2=O)c(=O)c2ccccc21. The number of rotatable bonds is 23. The first-order valence-electron chi connectivity index (χ1n) is 18.4. The predicted molar refractivity (Wildman–Crippen MR) is 197 cm³/mol. The Balaban J connectivity index is 1.16. The maximum atomic E-state index is 13.3. The summed E-state index contributed by atoms with van der Waals surface area (Å²) in [6.45, 7) is 9.59. The molecule has 0 unspecified atom stereocenters. The molecule has 0 aliphatic heterocycles. The second-order valence-electron chi connectivity index (χ2n) is 12.9. The molecule has 0 aliphatic carbocycles. The summed E-state index contributed by atoms with van der Waals surface area (Å²) < 4.78 is 6.36. The Morgan fingerprint density at radius 3 is 1.23 bits per heavy atom. The maximum Gasteiger partial charge on any atom is 0.331 e. The van der Waals surface area contributed by atoms with Crippen molar-refractivity contribution in [2.75, 3.05) is 26.2 Å². The number of nitrogens with zero attached hydrogens (tertiary/aromatic N) is 4. The molecule has 262 valence electrons. The van der Waals surface area contributed by atoms with E-state index in [2.05, 4.69) is 24.5 Å². The first kappa shape index (κ1) is 37.1. The topological polar surface area (TPSA) is 112 Å². The Labute approximate surface area is 283 Å². The Morgan fingerprint density at radius 1 is 0.438 bits per heavy atom. The summed E-state index contributed by atoms with van der Waals surface area (Å²) in [4.78, 5) is 52.8. The number of para-hydroxylation sites is 2. The van der Waals surface area contributed by atoms with E-state index in [0.717, 1.165) is 101 Å². The number of aromatic nitrogens is 4. The molecule has 4 rings (SSSR count). The molecule has 0 saturated carbocycles. The lowest BCUT2D eigenvalue weighted by Crippen LogP contribution is -2.40. The molecule has 0 bridgehead atoms. The lowest BCUT2D eigenvalue weighted by molar-refractivity contribution is 0.499. The van der Waals surface area contributed by atoms with Gasteiger partial charge in [-0.1, -0.05) is 76.6 Å². The fourth-order valence-corrected chi connectivity index (χ4v) is 6.44. The van der Waals surface area contributed by atoms with E-state index in [1.807, 2.05) is 48.5 Å². The van der Waals surface area contributed by atoms with Gasteiger partial charge < -0.3 is 10.6 Å². The number of nitrogens with one attached hydrogen (secondary N) is 2. The molecule has 2 N–H and O–H groups in total. The van der Waals surface area contributed by atoms with Gasteiger partial charge in [-0.3, -0.25) is 27.9 Å². The fraction of sp³-hybridized carbons (Fsp3) is 0.579. The molecule has 0 amide bonds. The number of hydrogen-bond donors (Lipinski definition) is 2. The molecule has 0 spiro atoms. The minimum atomic E-state index is -0.208. The van der Waals surface area contributed by atoms with Crippen LogP contribution in [0.4, 0.5) is 0 Å². The van der Waals surface area contributed by atoms with Gasteiger partial charge in [0, 0.05) is 26.2 Å². The van der Waals surface area contributed by atoms with Gasteiger partial charge in [0.05, 0.1) is 21.8 Å². The van der Waals surface area contributed by atoms with Crippen molar-refractivity contribution in [1.82, 2.24) is 28.9 Å². The molecule has 48 heavy (non-hydrogen) atoms. The summed E-state index contributed by atoms with van der Waals surface area (Å²) >= 11 is 0. The Kier molecular flexibility index (Phi) is 15.4. The predicted octanol–water partition coefficient (Wildman–Crippen LogP) is 5.24. The Bertz CT molecular complexity index is 1690. The highest BCUT2D eigenvalue weighted by Crippen LogP contribution is 2.11. The molecule has 0 aliphatic rings. The first-order valence-corrected chi connectivity index (χ1v) is 18.4. The molecule has 0 fully saturated rings. The van der Waals surface area contributed by atoms with E-state index in [1.54, 1.807) is 9.13 Å². The quantitative estimate of drug-likeness (QED) is 0.105. The third-order valence-electron chi connectivity index (χ3n) is 9.16. The zero-order chi connectivity index (χ0) is 34.1. The third kappa shape index (κ3) is 9.89. The van der Waals surface area contributed by atoms with Crippen LogP contribution in [0.1, 0.15) is 90.9 Å². The highest BCUT2D eigenvalue weighted by molar-refractivity contribution is 5.78. The summed E-state index contributed by atoms with van der Waals surface area (Å²) in [6, 6.07) is 14.9. The lowest BCUT2D eigenvalue weighted by Gasteiger charge is -2.14. The number of fused-ring (bicyclic) bond motifs is 2. The fourth-order valence-electron chi connectivity index (χ4n) is 6.44. The molecule has 0 atom stereocenters. The maximum absolute atomic E-state index is 13.3. The summed E-state index contributed by atoms with van der Waals surface area (Å²) in [6.07, 6.45) is 12.0. The van der Waals surface area contributed by atoms with Crippen molar-refractivity contribution in [1.29, 1.82) is 0 Å². The first-order chi connectivity index (χ1) is 23.5. The molecule has 2 aromatic heterocycles. The van der Waals surface area contributed by atoms with E-state index < -0.39 is 0 Å². The van der Waals surface area contributed by atoms with E-state index in [0.29, 0.717) is 49.8 Å². The average molecular weight is 661 g/mol. The summed E-state index contributed by atoms with van der Waals surface area (Å²) in [5.41, 5.74) is 0.631. The van der Waals surface area contributed by atoms with E-state index in [4.69, 9.17) is 0 Å². The third-order valence-corrected chi connectivity index (χ3v) is 9.16. The monoisotopic (exact) mass is 660 g/mol. The van der Waals surface area contributed by atoms with Gasteiger partial charge >= 0.3 is 11.4 Å². The molecule has 10 heteroatoms. The molecule has 0 radical (unpaired) electrons. The van der Waals surface area contributed by atoms with Gasteiger partial charge in [-0.15, -0.1) is 0 Å². The Hall–Kier alpha value is -3.76. The second-order valence-corrected chi connectivity index (χ2v) is 12.9.